The van der Waals surface area contributed by atoms with Crippen LogP contribution >= 0.6 is 0 Å². The van der Waals surface area contributed by atoms with Gasteiger partial charge in [0.1, 0.15) is 0 Å². The SMILES string of the molecule is CN1CCCC(NC2CC2c2ccccc2)C1. The van der Waals surface area contributed by atoms with Crippen LogP contribution in [0, 0.1) is 0 Å². The lowest BCUT2D eigenvalue weighted by atomic mass is 10.1. The molecule has 1 aromatic carbocycles. The number of piperidine rings is 1. The molecular formula is C15H22N2. The highest BCUT2D eigenvalue weighted by Crippen LogP contribution is 2.41. The first-order valence-corrected chi connectivity index (χ1v) is 6.82. The molecule has 3 unspecified atom stereocenters. The molecule has 2 heteroatoms. The predicted molar refractivity (Wildman–Crippen MR) is 71.2 cm³/mol. The standard InChI is InChI=1S/C15H22N2/c1-17-9-5-8-13(11-17)16-15-10-14(15)12-6-3-2-4-7-12/h2-4,6-7,13-16H,5,8-11H2,1H3. The van der Waals surface area contributed by atoms with Crippen LogP contribution in [0.1, 0.15) is 30.7 Å². The van der Waals surface area contributed by atoms with Crippen molar-refractivity contribution in [3.05, 3.63) is 35.9 Å². The summed E-state index contributed by atoms with van der Waals surface area (Å²) in [7, 11) is 2.23. The number of benzene rings is 1. The van der Waals surface area contributed by atoms with Crippen molar-refractivity contribution in [1.82, 2.24) is 10.2 Å². The van der Waals surface area contributed by atoms with Gasteiger partial charge in [0.15, 0.2) is 0 Å². The van der Waals surface area contributed by atoms with E-state index in [2.05, 4.69) is 47.6 Å². The molecule has 0 aromatic heterocycles. The lowest BCUT2D eigenvalue weighted by Gasteiger charge is -2.30. The number of rotatable bonds is 3. The molecule has 92 valence electrons. The molecule has 1 saturated heterocycles. The highest BCUT2D eigenvalue weighted by atomic mass is 15.1. The number of likely N-dealkylation sites (N-methyl/N-ethyl adjacent to an activating group) is 1. The van der Waals surface area contributed by atoms with Crippen LogP contribution in [0.2, 0.25) is 0 Å². The van der Waals surface area contributed by atoms with Gasteiger partial charge in [-0.05, 0) is 38.4 Å². The molecule has 2 aliphatic rings. The van der Waals surface area contributed by atoms with Gasteiger partial charge >= 0.3 is 0 Å². The zero-order valence-corrected chi connectivity index (χ0v) is 10.6. The van der Waals surface area contributed by atoms with Crippen molar-refractivity contribution in [1.29, 1.82) is 0 Å². The summed E-state index contributed by atoms with van der Waals surface area (Å²) in [6, 6.07) is 12.4. The summed E-state index contributed by atoms with van der Waals surface area (Å²) in [6.45, 7) is 2.49. The van der Waals surface area contributed by atoms with Crippen LogP contribution in [-0.4, -0.2) is 37.1 Å². The van der Waals surface area contributed by atoms with Gasteiger partial charge < -0.3 is 10.2 Å². The monoisotopic (exact) mass is 230 g/mol. The Balaban J connectivity index is 1.52. The molecule has 1 aliphatic carbocycles. The second-order valence-electron chi connectivity index (χ2n) is 5.63. The first-order valence-electron chi connectivity index (χ1n) is 6.82. The largest absolute Gasteiger partial charge is 0.309 e. The van der Waals surface area contributed by atoms with Crippen LogP contribution in [0.3, 0.4) is 0 Å². The van der Waals surface area contributed by atoms with Gasteiger partial charge in [0.25, 0.3) is 0 Å². The number of likely N-dealkylation sites (tertiary alicyclic amines) is 1. The summed E-state index contributed by atoms with van der Waals surface area (Å²) in [5.41, 5.74) is 1.51. The molecule has 0 spiro atoms. The predicted octanol–water partition coefficient (Wildman–Crippen LogP) is 2.23. The average molecular weight is 230 g/mol. The third-order valence-corrected chi connectivity index (χ3v) is 4.09. The zero-order chi connectivity index (χ0) is 11.7. The Kier molecular flexibility index (Phi) is 3.17. The van der Waals surface area contributed by atoms with Crippen molar-refractivity contribution in [2.45, 2.75) is 37.3 Å². The maximum absolute atomic E-state index is 3.83. The summed E-state index contributed by atoms with van der Waals surface area (Å²) < 4.78 is 0. The van der Waals surface area contributed by atoms with Gasteiger partial charge in [-0.1, -0.05) is 30.3 Å². The average Bonchev–Trinajstić information content (AvgIpc) is 3.10. The van der Waals surface area contributed by atoms with E-state index >= 15 is 0 Å². The van der Waals surface area contributed by atoms with Gasteiger partial charge in [0, 0.05) is 24.5 Å². The number of nitrogens with zero attached hydrogens (tertiary/aromatic N) is 1. The van der Waals surface area contributed by atoms with Crippen molar-refractivity contribution in [3.63, 3.8) is 0 Å². The van der Waals surface area contributed by atoms with Gasteiger partial charge in [-0.2, -0.15) is 0 Å². The van der Waals surface area contributed by atoms with Crippen LogP contribution in [0.25, 0.3) is 0 Å². The third kappa shape index (κ3) is 2.70. The Morgan fingerprint density at radius 1 is 1.24 bits per heavy atom. The number of hydrogen-bond donors (Lipinski definition) is 1. The minimum atomic E-state index is 0.715. The van der Waals surface area contributed by atoms with Crippen LogP contribution in [0.4, 0.5) is 0 Å². The lowest BCUT2D eigenvalue weighted by molar-refractivity contribution is 0.226. The molecule has 2 fully saturated rings. The summed E-state index contributed by atoms with van der Waals surface area (Å²) >= 11 is 0. The molecule has 3 rings (SSSR count). The van der Waals surface area contributed by atoms with Crippen molar-refractivity contribution < 1.29 is 0 Å². The second kappa shape index (κ2) is 4.79. The number of hydrogen-bond acceptors (Lipinski definition) is 2. The summed E-state index contributed by atoms with van der Waals surface area (Å²) in [6.07, 6.45) is 4.02. The molecular weight excluding hydrogens is 208 g/mol. The quantitative estimate of drug-likeness (QED) is 0.856. The van der Waals surface area contributed by atoms with Gasteiger partial charge in [0.05, 0.1) is 0 Å². The molecule has 1 aliphatic heterocycles. The first kappa shape index (κ1) is 11.2. The topological polar surface area (TPSA) is 15.3 Å². The summed E-state index contributed by atoms with van der Waals surface area (Å²) in [5, 5.41) is 3.83. The van der Waals surface area contributed by atoms with Gasteiger partial charge in [0.2, 0.25) is 0 Å². The van der Waals surface area contributed by atoms with E-state index in [1.165, 1.54) is 37.9 Å². The maximum atomic E-state index is 3.83. The van der Waals surface area contributed by atoms with E-state index in [9.17, 15) is 0 Å². The first-order chi connectivity index (χ1) is 8.33. The lowest BCUT2D eigenvalue weighted by Crippen LogP contribution is -2.45. The normalized spacial score (nSPS) is 33.6. The summed E-state index contributed by atoms with van der Waals surface area (Å²) in [5.74, 6) is 0.767. The fraction of sp³-hybridized carbons (Fsp3) is 0.600. The molecule has 0 bridgehead atoms. The fourth-order valence-corrected chi connectivity index (χ4v) is 3.05. The smallest absolute Gasteiger partial charge is 0.0198 e. The van der Waals surface area contributed by atoms with Crippen LogP contribution in [0.5, 0.6) is 0 Å². The minimum Gasteiger partial charge on any atom is -0.309 e. The van der Waals surface area contributed by atoms with Crippen LogP contribution in [-0.2, 0) is 0 Å². The third-order valence-electron chi connectivity index (χ3n) is 4.09. The van der Waals surface area contributed by atoms with E-state index in [0.717, 1.165) is 12.0 Å². The molecule has 0 amide bonds. The van der Waals surface area contributed by atoms with E-state index in [-0.39, 0.29) is 0 Å². The van der Waals surface area contributed by atoms with Crippen molar-refractivity contribution in [2.75, 3.05) is 20.1 Å². The van der Waals surface area contributed by atoms with Crippen molar-refractivity contribution in [2.24, 2.45) is 0 Å². The molecule has 1 heterocycles. The van der Waals surface area contributed by atoms with Gasteiger partial charge in [-0.15, -0.1) is 0 Å². The Morgan fingerprint density at radius 2 is 2.06 bits per heavy atom. The molecule has 1 N–H and O–H groups in total. The summed E-state index contributed by atoms with van der Waals surface area (Å²) in [4.78, 5) is 2.45. The van der Waals surface area contributed by atoms with E-state index in [0.29, 0.717) is 6.04 Å². The van der Waals surface area contributed by atoms with E-state index in [1.807, 2.05) is 0 Å². The zero-order valence-electron chi connectivity index (χ0n) is 10.6. The molecule has 17 heavy (non-hydrogen) atoms. The maximum Gasteiger partial charge on any atom is 0.0198 e. The molecule has 1 aromatic rings. The Bertz CT molecular complexity index is 362. The van der Waals surface area contributed by atoms with Crippen molar-refractivity contribution in [3.8, 4) is 0 Å². The highest BCUT2D eigenvalue weighted by Gasteiger charge is 2.39. The molecule has 2 nitrogen and oxygen atoms in total. The molecule has 1 saturated carbocycles. The van der Waals surface area contributed by atoms with Crippen LogP contribution < -0.4 is 5.32 Å². The van der Waals surface area contributed by atoms with Crippen molar-refractivity contribution >= 4 is 0 Å². The van der Waals surface area contributed by atoms with Gasteiger partial charge in [-0.25, -0.2) is 0 Å². The van der Waals surface area contributed by atoms with E-state index in [4.69, 9.17) is 0 Å². The van der Waals surface area contributed by atoms with Crippen LogP contribution in [0.15, 0.2) is 30.3 Å². The van der Waals surface area contributed by atoms with Gasteiger partial charge in [-0.3, -0.25) is 0 Å². The van der Waals surface area contributed by atoms with E-state index < -0.39 is 0 Å². The highest BCUT2D eigenvalue weighted by molar-refractivity contribution is 5.27. The Morgan fingerprint density at radius 3 is 2.82 bits per heavy atom. The van der Waals surface area contributed by atoms with E-state index in [1.54, 1.807) is 0 Å². The minimum absolute atomic E-state index is 0.715. The molecule has 3 atom stereocenters. The second-order valence-corrected chi connectivity index (χ2v) is 5.63. The number of nitrogens with one attached hydrogen (secondary N) is 1. The fourth-order valence-electron chi connectivity index (χ4n) is 3.05. The molecule has 0 radical (unpaired) electrons. The Labute approximate surface area is 104 Å². The Hall–Kier alpha value is -0.860.